The van der Waals surface area contributed by atoms with E-state index >= 15 is 0 Å². The molecule has 0 fully saturated rings. The van der Waals surface area contributed by atoms with Gasteiger partial charge in [-0.05, 0) is 36.4 Å². The van der Waals surface area contributed by atoms with Gasteiger partial charge in [0.15, 0.2) is 0 Å². The summed E-state index contributed by atoms with van der Waals surface area (Å²) in [5.74, 6) is 0.244. The molecule has 2 aliphatic rings. The molecule has 1 N–H and O–H groups in total. The number of aromatic hydroxyl groups is 1. The van der Waals surface area contributed by atoms with Crippen LogP contribution in [-0.2, 0) is 0 Å². The number of phenols is 1. The fourth-order valence-corrected chi connectivity index (χ4v) is 4.63. The minimum absolute atomic E-state index is 0.244. The molecule has 4 heteroatoms. The minimum Gasteiger partial charge on any atom is -0.508 e. The third-order valence-corrected chi connectivity index (χ3v) is 5.78. The monoisotopic (exact) mass is 376 g/mol. The number of hydrogen-bond acceptors (Lipinski definition) is 3. The van der Waals surface area contributed by atoms with Gasteiger partial charge in [-0.2, -0.15) is 4.57 Å². The summed E-state index contributed by atoms with van der Waals surface area (Å²) in [5.41, 5.74) is 8.57. The predicted octanol–water partition coefficient (Wildman–Crippen LogP) is 6.01. The van der Waals surface area contributed by atoms with Crippen LogP contribution in [0, 0.1) is 0 Å². The van der Waals surface area contributed by atoms with E-state index in [0.717, 1.165) is 55.4 Å². The maximum absolute atomic E-state index is 9.78. The number of pyridine rings is 1. The van der Waals surface area contributed by atoms with Gasteiger partial charge in [-0.3, -0.25) is 0 Å². The Kier molecular flexibility index (Phi) is 2.60. The fraction of sp³-hybridized carbons (Fsp3) is 0. The molecule has 0 bridgehead atoms. The van der Waals surface area contributed by atoms with Gasteiger partial charge in [0.1, 0.15) is 28.1 Å². The fourth-order valence-electron chi connectivity index (χ4n) is 4.63. The molecule has 0 unspecified atom stereocenters. The third-order valence-electron chi connectivity index (χ3n) is 5.78. The molecule has 1 aromatic heterocycles. The molecule has 0 saturated carbocycles. The standard InChI is InChI=1S/C25H13NO3/c27-15-12-10-14(11-13-15)26-16-4-1-6-18-22(16)25-23-17(26)5-2-7-19(23)29-21-9-3-8-20(28-18)24(21)25/h1-13H/p+1. The maximum atomic E-state index is 9.78. The van der Waals surface area contributed by atoms with Crippen LogP contribution >= 0.6 is 0 Å². The Morgan fingerprint density at radius 3 is 1.66 bits per heavy atom. The zero-order valence-corrected chi connectivity index (χ0v) is 15.2. The highest BCUT2D eigenvalue weighted by Crippen LogP contribution is 2.47. The van der Waals surface area contributed by atoms with Crippen LogP contribution < -0.4 is 4.57 Å². The van der Waals surface area contributed by atoms with Crippen LogP contribution in [0.3, 0.4) is 0 Å². The third kappa shape index (κ3) is 1.81. The largest absolute Gasteiger partial charge is 0.508 e. The van der Waals surface area contributed by atoms with Gasteiger partial charge in [-0.1, -0.05) is 18.2 Å². The molecule has 0 saturated heterocycles. The summed E-state index contributed by atoms with van der Waals surface area (Å²) in [6.45, 7) is 0. The van der Waals surface area contributed by atoms with Crippen LogP contribution in [-0.4, -0.2) is 5.11 Å². The lowest BCUT2D eigenvalue weighted by molar-refractivity contribution is -0.537. The molecule has 0 atom stereocenters. The number of rotatable bonds is 1. The number of aromatic nitrogens is 1. The molecule has 0 amide bonds. The van der Waals surface area contributed by atoms with Gasteiger partial charge in [0.25, 0.3) is 0 Å². The van der Waals surface area contributed by atoms with E-state index in [0.29, 0.717) is 0 Å². The van der Waals surface area contributed by atoms with Gasteiger partial charge in [-0.25, -0.2) is 0 Å². The molecule has 136 valence electrons. The molecule has 0 aliphatic carbocycles. The first kappa shape index (κ1) is 14.9. The van der Waals surface area contributed by atoms with Gasteiger partial charge >= 0.3 is 0 Å². The van der Waals surface area contributed by atoms with Gasteiger partial charge in [-0.15, -0.1) is 0 Å². The van der Waals surface area contributed by atoms with Crippen molar-refractivity contribution in [3.05, 3.63) is 78.9 Å². The Balaban J connectivity index is 1.85. The summed E-state index contributed by atoms with van der Waals surface area (Å²) in [6.07, 6.45) is 0. The molecular formula is C25H14NO3+. The molecule has 4 nitrogen and oxygen atoms in total. The first-order valence-corrected chi connectivity index (χ1v) is 9.51. The summed E-state index contributed by atoms with van der Waals surface area (Å²) in [7, 11) is 0. The maximum Gasteiger partial charge on any atom is 0.223 e. The second-order valence-corrected chi connectivity index (χ2v) is 7.36. The number of nitrogens with zero attached hydrogens (tertiary/aromatic N) is 1. The summed E-state index contributed by atoms with van der Waals surface area (Å²) in [4.78, 5) is 0. The number of benzene rings is 4. The molecule has 2 aliphatic heterocycles. The Labute approximate surface area is 164 Å². The summed E-state index contributed by atoms with van der Waals surface area (Å²) < 4.78 is 14.8. The van der Waals surface area contributed by atoms with Gasteiger partial charge in [0.2, 0.25) is 16.7 Å². The van der Waals surface area contributed by atoms with E-state index < -0.39 is 0 Å². The smallest absolute Gasteiger partial charge is 0.223 e. The molecule has 29 heavy (non-hydrogen) atoms. The Morgan fingerprint density at radius 2 is 1.07 bits per heavy atom. The highest BCUT2D eigenvalue weighted by molar-refractivity contribution is 6.22. The Bertz CT molecular complexity index is 1560. The van der Waals surface area contributed by atoms with Crippen LogP contribution in [0.5, 0.6) is 5.75 Å². The zero-order valence-electron chi connectivity index (χ0n) is 15.2. The van der Waals surface area contributed by atoms with Crippen molar-refractivity contribution in [1.29, 1.82) is 0 Å². The minimum atomic E-state index is 0.244. The molecule has 4 aromatic carbocycles. The summed E-state index contributed by atoms with van der Waals surface area (Å²) >= 11 is 0. The first-order chi connectivity index (χ1) is 14.3. The summed E-state index contributed by atoms with van der Waals surface area (Å²) in [5, 5.41) is 11.9. The van der Waals surface area contributed by atoms with E-state index in [4.69, 9.17) is 8.83 Å². The van der Waals surface area contributed by atoms with Crippen molar-refractivity contribution >= 4 is 44.1 Å². The molecule has 5 aromatic rings. The lowest BCUT2D eigenvalue weighted by Crippen LogP contribution is -2.33. The van der Waals surface area contributed by atoms with Crippen molar-refractivity contribution in [3.8, 4) is 22.6 Å². The van der Waals surface area contributed by atoms with E-state index in [2.05, 4.69) is 16.7 Å². The molecular weight excluding hydrogens is 362 g/mol. The normalized spacial score (nSPS) is 12.3. The number of phenolic OH excluding ortho intramolecular Hbond substituents is 1. The van der Waals surface area contributed by atoms with Gasteiger partial charge in [0.05, 0.1) is 16.3 Å². The quantitative estimate of drug-likeness (QED) is 0.217. The topological polar surface area (TPSA) is 50.4 Å². The van der Waals surface area contributed by atoms with Crippen molar-refractivity contribution in [2.45, 2.75) is 0 Å². The van der Waals surface area contributed by atoms with Crippen LogP contribution in [0.1, 0.15) is 0 Å². The van der Waals surface area contributed by atoms with Crippen molar-refractivity contribution in [2.24, 2.45) is 0 Å². The highest BCUT2D eigenvalue weighted by Gasteiger charge is 2.31. The number of hydrogen-bond donors (Lipinski definition) is 1. The van der Waals surface area contributed by atoms with Gasteiger partial charge < -0.3 is 13.9 Å². The second-order valence-electron chi connectivity index (χ2n) is 7.36. The van der Waals surface area contributed by atoms with Crippen LogP contribution in [0.25, 0.3) is 61.0 Å². The van der Waals surface area contributed by atoms with E-state index in [-0.39, 0.29) is 5.75 Å². The second kappa shape index (κ2) is 5.06. The van der Waals surface area contributed by atoms with Crippen LogP contribution in [0.15, 0.2) is 87.7 Å². The van der Waals surface area contributed by atoms with E-state index in [1.807, 2.05) is 54.6 Å². The highest BCUT2D eigenvalue weighted by atomic mass is 16.3. The van der Waals surface area contributed by atoms with Crippen molar-refractivity contribution in [3.63, 3.8) is 0 Å². The van der Waals surface area contributed by atoms with Crippen LogP contribution in [0.2, 0.25) is 0 Å². The summed E-state index contributed by atoms with van der Waals surface area (Å²) in [6, 6.07) is 25.5. The van der Waals surface area contributed by atoms with E-state index in [9.17, 15) is 5.11 Å². The average molecular weight is 376 g/mol. The van der Waals surface area contributed by atoms with Crippen molar-refractivity contribution in [1.82, 2.24) is 0 Å². The molecule has 0 radical (unpaired) electrons. The van der Waals surface area contributed by atoms with E-state index in [1.54, 1.807) is 12.1 Å². The van der Waals surface area contributed by atoms with Crippen molar-refractivity contribution < 1.29 is 18.5 Å². The molecule has 7 rings (SSSR count). The lowest BCUT2D eigenvalue weighted by Gasteiger charge is -2.18. The zero-order chi connectivity index (χ0) is 19.1. The Hall–Kier alpha value is -4.05. The van der Waals surface area contributed by atoms with Crippen molar-refractivity contribution in [2.75, 3.05) is 0 Å². The average Bonchev–Trinajstić information content (AvgIpc) is 2.75. The lowest BCUT2D eigenvalue weighted by atomic mass is 9.92. The Morgan fingerprint density at radius 1 is 0.552 bits per heavy atom. The van der Waals surface area contributed by atoms with Crippen LogP contribution in [0.4, 0.5) is 0 Å². The molecule has 3 heterocycles. The predicted molar refractivity (Wildman–Crippen MR) is 112 cm³/mol. The van der Waals surface area contributed by atoms with E-state index in [1.165, 1.54) is 5.56 Å². The van der Waals surface area contributed by atoms with Gasteiger partial charge in [0, 0.05) is 29.8 Å². The first-order valence-electron chi connectivity index (χ1n) is 9.51. The molecule has 0 spiro atoms. The SMILES string of the molecule is Oc1ccc(-[n+]2c3cccc4oc5cccc6oc7cccc2c7c(c43)-c56)cc1.